The standard InChI is InChI=1S/C16H24N2O2/c1-13-3-5-14(6-4-13)16(7-11-20-12-8-16)15(19)18-10-2-9-17/h3-6H,2,7-12,17H2,1H3,(H,18,19). The van der Waals surface area contributed by atoms with E-state index in [2.05, 4.69) is 36.5 Å². The molecule has 1 saturated heterocycles. The number of amides is 1. The molecule has 3 N–H and O–H groups in total. The maximum absolute atomic E-state index is 12.7. The predicted molar refractivity (Wildman–Crippen MR) is 79.6 cm³/mol. The Balaban J connectivity index is 2.20. The maximum Gasteiger partial charge on any atom is 0.230 e. The number of rotatable bonds is 5. The third-order valence-corrected chi connectivity index (χ3v) is 4.05. The second kappa shape index (κ2) is 6.86. The van der Waals surface area contributed by atoms with Crippen molar-refractivity contribution in [2.24, 2.45) is 5.73 Å². The first kappa shape index (κ1) is 15.0. The number of hydrogen-bond acceptors (Lipinski definition) is 3. The van der Waals surface area contributed by atoms with Gasteiger partial charge in [-0.2, -0.15) is 0 Å². The summed E-state index contributed by atoms with van der Waals surface area (Å²) in [4.78, 5) is 12.7. The van der Waals surface area contributed by atoms with Gasteiger partial charge in [-0.3, -0.25) is 4.79 Å². The summed E-state index contributed by atoms with van der Waals surface area (Å²) in [6.45, 7) is 4.57. The Hall–Kier alpha value is -1.39. The van der Waals surface area contributed by atoms with Crippen LogP contribution in [0.1, 0.15) is 30.4 Å². The van der Waals surface area contributed by atoms with Crippen molar-refractivity contribution in [1.29, 1.82) is 0 Å². The topological polar surface area (TPSA) is 64.4 Å². The van der Waals surface area contributed by atoms with Crippen LogP contribution in [0.4, 0.5) is 0 Å². The first-order chi connectivity index (χ1) is 9.69. The van der Waals surface area contributed by atoms with Gasteiger partial charge in [-0.1, -0.05) is 29.8 Å². The van der Waals surface area contributed by atoms with E-state index in [0.29, 0.717) is 26.3 Å². The first-order valence-electron chi connectivity index (χ1n) is 7.32. The van der Waals surface area contributed by atoms with Gasteiger partial charge in [0.1, 0.15) is 0 Å². The smallest absolute Gasteiger partial charge is 0.230 e. The van der Waals surface area contributed by atoms with Gasteiger partial charge in [-0.15, -0.1) is 0 Å². The molecular formula is C16H24N2O2. The van der Waals surface area contributed by atoms with Gasteiger partial charge in [0.05, 0.1) is 5.41 Å². The molecule has 0 aliphatic carbocycles. The fourth-order valence-corrected chi connectivity index (χ4v) is 2.71. The summed E-state index contributed by atoms with van der Waals surface area (Å²) in [5.41, 5.74) is 7.34. The Labute approximate surface area is 120 Å². The summed E-state index contributed by atoms with van der Waals surface area (Å²) < 4.78 is 5.45. The highest BCUT2D eigenvalue weighted by molar-refractivity contribution is 5.88. The minimum Gasteiger partial charge on any atom is -0.381 e. The molecule has 0 aromatic heterocycles. The number of nitrogens with two attached hydrogens (primary N) is 1. The zero-order valence-corrected chi connectivity index (χ0v) is 12.2. The molecule has 0 spiro atoms. The lowest BCUT2D eigenvalue weighted by Crippen LogP contribution is -2.48. The third-order valence-electron chi connectivity index (χ3n) is 4.05. The highest BCUT2D eigenvalue weighted by Gasteiger charge is 2.41. The van der Waals surface area contributed by atoms with Crippen molar-refractivity contribution >= 4 is 5.91 Å². The molecule has 0 radical (unpaired) electrons. The average molecular weight is 276 g/mol. The van der Waals surface area contributed by atoms with Crippen molar-refractivity contribution in [1.82, 2.24) is 5.32 Å². The molecule has 1 aromatic rings. The summed E-state index contributed by atoms with van der Waals surface area (Å²) in [6, 6.07) is 8.28. The van der Waals surface area contributed by atoms with E-state index in [0.717, 1.165) is 24.8 Å². The lowest BCUT2D eigenvalue weighted by atomic mass is 9.73. The van der Waals surface area contributed by atoms with Gasteiger partial charge in [-0.05, 0) is 38.3 Å². The largest absolute Gasteiger partial charge is 0.381 e. The molecule has 0 atom stereocenters. The second-order valence-corrected chi connectivity index (χ2v) is 5.46. The van der Waals surface area contributed by atoms with Crippen molar-refractivity contribution in [2.45, 2.75) is 31.6 Å². The number of hydrogen-bond donors (Lipinski definition) is 2. The van der Waals surface area contributed by atoms with Crippen molar-refractivity contribution in [3.63, 3.8) is 0 Å². The molecule has 0 saturated carbocycles. The van der Waals surface area contributed by atoms with Gasteiger partial charge < -0.3 is 15.8 Å². The van der Waals surface area contributed by atoms with Crippen LogP contribution >= 0.6 is 0 Å². The number of carbonyl (C=O) groups excluding carboxylic acids is 1. The Morgan fingerprint density at radius 3 is 2.55 bits per heavy atom. The Morgan fingerprint density at radius 1 is 1.30 bits per heavy atom. The van der Waals surface area contributed by atoms with E-state index in [-0.39, 0.29) is 5.91 Å². The highest BCUT2D eigenvalue weighted by Crippen LogP contribution is 2.35. The van der Waals surface area contributed by atoms with Crippen molar-refractivity contribution in [2.75, 3.05) is 26.3 Å². The molecule has 1 fully saturated rings. The van der Waals surface area contributed by atoms with E-state index in [1.165, 1.54) is 5.56 Å². The summed E-state index contributed by atoms with van der Waals surface area (Å²) in [6.07, 6.45) is 2.29. The molecule has 0 bridgehead atoms. The van der Waals surface area contributed by atoms with E-state index >= 15 is 0 Å². The summed E-state index contributed by atoms with van der Waals surface area (Å²) in [5.74, 6) is 0.109. The highest BCUT2D eigenvalue weighted by atomic mass is 16.5. The van der Waals surface area contributed by atoms with Crippen LogP contribution in [0.3, 0.4) is 0 Å². The van der Waals surface area contributed by atoms with Crippen LogP contribution in [0.25, 0.3) is 0 Å². The lowest BCUT2D eigenvalue weighted by molar-refractivity contribution is -0.130. The van der Waals surface area contributed by atoms with Crippen LogP contribution in [0, 0.1) is 6.92 Å². The van der Waals surface area contributed by atoms with Crippen LogP contribution in [0.5, 0.6) is 0 Å². The Kier molecular flexibility index (Phi) is 5.15. The number of aryl methyl sites for hydroxylation is 1. The molecule has 4 nitrogen and oxygen atoms in total. The van der Waals surface area contributed by atoms with Crippen molar-refractivity contribution < 1.29 is 9.53 Å². The molecule has 1 aliphatic heterocycles. The minimum atomic E-state index is -0.444. The zero-order valence-electron chi connectivity index (χ0n) is 12.2. The number of benzene rings is 1. The number of nitrogens with one attached hydrogen (secondary N) is 1. The molecule has 1 amide bonds. The van der Waals surface area contributed by atoms with Crippen LogP contribution in [0.2, 0.25) is 0 Å². The molecule has 1 heterocycles. The quantitative estimate of drug-likeness (QED) is 0.801. The zero-order chi connectivity index (χ0) is 14.4. The summed E-state index contributed by atoms with van der Waals surface area (Å²) in [5, 5.41) is 3.03. The molecule has 1 aromatic carbocycles. The summed E-state index contributed by atoms with van der Waals surface area (Å²) >= 11 is 0. The van der Waals surface area contributed by atoms with E-state index in [4.69, 9.17) is 10.5 Å². The normalized spacial score (nSPS) is 17.7. The van der Waals surface area contributed by atoms with Gasteiger partial charge >= 0.3 is 0 Å². The maximum atomic E-state index is 12.7. The second-order valence-electron chi connectivity index (χ2n) is 5.46. The Morgan fingerprint density at radius 2 is 1.95 bits per heavy atom. The van der Waals surface area contributed by atoms with E-state index in [1.807, 2.05) is 0 Å². The van der Waals surface area contributed by atoms with Crippen LogP contribution < -0.4 is 11.1 Å². The fourth-order valence-electron chi connectivity index (χ4n) is 2.71. The number of ether oxygens (including phenoxy) is 1. The predicted octanol–water partition coefficient (Wildman–Crippen LogP) is 1.51. The van der Waals surface area contributed by atoms with Crippen LogP contribution in [-0.2, 0) is 14.9 Å². The lowest BCUT2D eigenvalue weighted by Gasteiger charge is -2.36. The van der Waals surface area contributed by atoms with E-state index in [1.54, 1.807) is 0 Å². The van der Waals surface area contributed by atoms with Gasteiger partial charge in [0.2, 0.25) is 5.91 Å². The number of carbonyl (C=O) groups is 1. The van der Waals surface area contributed by atoms with Gasteiger partial charge in [0.25, 0.3) is 0 Å². The molecule has 20 heavy (non-hydrogen) atoms. The van der Waals surface area contributed by atoms with Crippen LogP contribution in [-0.4, -0.2) is 32.2 Å². The molecule has 1 aliphatic rings. The minimum absolute atomic E-state index is 0.109. The molecule has 4 heteroatoms. The SMILES string of the molecule is Cc1ccc(C2(C(=O)NCCCN)CCOCC2)cc1. The first-order valence-corrected chi connectivity index (χ1v) is 7.32. The Bertz CT molecular complexity index is 436. The van der Waals surface area contributed by atoms with E-state index in [9.17, 15) is 4.79 Å². The van der Waals surface area contributed by atoms with Crippen molar-refractivity contribution in [3.8, 4) is 0 Å². The molecule has 2 rings (SSSR count). The van der Waals surface area contributed by atoms with Gasteiger partial charge in [-0.25, -0.2) is 0 Å². The average Bonchev–Trinajstić information content (AvgIpc) is 2.49. The monoisotopic (exact) mass is 276 g/mol. The van der Waals surface area contributed by atoms with Crippen molar-refractivity contribution in [3.05, 3.63) is 35.4 Å². The molecule has 110 valence electrons. The van der Waals surface area contributed by atoms with Crippen LogP contribution in [0.15, 0.2) is 24.3 Å². The summed E-state index contributed by atoms with van der Waals surface area (Å²) in [7, 11) is 0. The fraction of sp³-hybridized carbons (Fsp3) is 0.562. The van der Waals surface area contributed by atoms with Gasteiger partial charge in [0, 0.05) is 19.8 Å². The van der Waals surface area contributed by atoms with E-state index < -0.39 is 5.41 Å². The van der Waals surface area contributed by atoms with Gasteiger partial charge in [0.15, 0.2) is 0 Å². The molecular weight excluding hydrogens is 252 g/mol. The molecule has 0 unspecified atom stereocenters. The third kappa shape index (κ3) is 3.19.